The van der Waals surface area contributed by atoms with Gasteiger partial charge in [0.1, 0.15) is 0 Å². The summed E-state index contributed by atoms with van der Waals surface area (Å²) in [5.41, 5.74) is 0.270. The Morgan fingerprint density at radius 2 is 2.14 bits per heavy atom. The van der Waals surface area contributed by atoms with Crippen molar-refractivity contribution in [2.45, 2.75) is 11.0 Å². The lowest BCUT2D eigenvalue weighted by molar-refractivity contribution is 0.0927. The van der Waals surface area contributed by atoms with Crippen molar-refractivity contribution in [1.29, 1.82) is 0 Å². The zero-order chi connectivity index (χ0) is 15.5. The van der Waals surface area contributed by atoms with E-state index in [2.05, 4.69) is 15.4 Å². The van der Waals surface area contributed by atoms with Crippen LogP contribution >= 0.6 is 12.4 Å². The lowest BCUT2D eigenvalue weighted by Crippen LogP contribution is -2.34. The maximum atomic E-state index is 12.0. The van der Waals surface area contributed by atoms with Gasteiger partial charge in [0.15, 0.2) is 0 Å². The number of aliphatic hydroxyl groups is 1. The molecule has 2 atom stereocenters. The Labute approximate surface area is 135 Å². The second-order valence-electron chi connectivity index (χ2n) is 4.93. The van der Waals surface area contributed by atoms with E-state index in [-0.39, 0.29) is 34.7 Å². The van der Waals surface area contributed by atoms with Crippen LogP contribution in [0, 0.1) is 5.92 Å². The van der Waals surface area contributed by atoms with Crippen LogP contribution in [0.1, 0.15) is 10.4 Å². The minimum absolute atomic E-state index is 0. The molecule has 2 unspecified atom stereocenters. The van der Waals surface area contributed by atoms with E-state index < -0.39 is 16.1 Å². The third kappa shape index (κ3) is 4.40. The Morgan fingerprint density at radius 1 is 1.41 bits per heavy atom. The van der Waals surface area contributed by atoms with Crippen LogP contribution in [-0.4, -0.2) is 52.2 Å². The Kier molecular flexibility index (Phi) is 6.76. The van der Waals surface area contributed by atoms with Gasteiger partial charge in [-0.15, -0.1) is 12.4 Å². The van der Waals surface area contributed by atoms with Gasteiger partial charge >= 0.3 is 0 Å². The zero-order valence-corrected chi connectivity index (χ0v) is 13.7. The van der Waals surface area contributed by atoms with E-state index in [0.29, 0.717) is 19.6 Å². The van der Waals surface area contributed by atoms with Gasteiger partial charge in [-0.05, 0) is 25.2 Å². The molecule has 0 aromatic heterocycles. The van der Waals surface area contributed by atoms with Gasteiger partial charge < -0.3 is 15.7 Å². The van der Waals surface area contributed by atoms with Crippen LogP contribution in [0.2, 0.25) is 0 Å². The summed E-state index contributed by atoms with van der Waals surface area (Å²) in [5.74, 6) is -0.388. The summed E-state index contributed by atoms with van der Waals surface area (Å²) in [4.78, 5) is 12.1. The summed E-state index contributed by atoms with van der Waals surface area (Å²) in [5, 5.41) is 15.4. The molecule has 7 nitrogen and oxygen atoms in total. The quantitative estimate of drug-likeness (QED) is 0.564. The van der Waals surface area contributed by atoms with E-state index >= 15 is 0 Å². The fourth-order valence-corrected chi connectivity index (χ4v) is 2.95. The molecule has 0 saturated carbocycles. The molecular formula is C13H20ClN3O4S. The van der Waals surface area contributed by atoms with Gasteiger partial charge in [0.25, 0.3) is 5.91 Å². The summed E-state index contributed by atoms with van der Waals surface area (Å²) in [7, 11) is -2.26. The number of benzene rings is 1. The molecule has 22 heavy (non-hydrogen) atoms. The number of aliphatic hydroxyl groups excluding tert-OH is 1. The summed E-state index contributed by atoms with van der Waals surface area (Å²) in [6.07, 6.45) is -0.471. The Bertz CT molecular complexity index is 623. The lowest BCUT2D eigenvalue weighted by atomic mass is 10.1. The van der Waals surface area contributed by atoms with Crippen molar-refractivity contribution in [2.24, 2.45) is 5.92 Å². The SMILES string of the molecule is CNS(=O)(=O)c1cccc(C(=O)NCC2CNCC2O)c1.Cl. The molecule has 1 aliphatic heterocycles. The highest BCUT2D eigenvalue weighted by atomic mass is 35.5. The predicted molar refractivity (Wildman–Crippen MR) is 84.6 cm³/mol. The van der Waals surface area contributed by atoms with Crippen molar-refractivity contribution in [1.82, 2.24) is 15.4 Å². The number of carbonyl (C=O) groups is 1. The molecule has 1 fully saturated rings. The minimum Gasteiger partial charge on any atom is -0.391 e. The molecule has 124 valence electrons. The van der Waals surface area contributed by atoms with E-state index in [1.165, 1.54) is 25.2 Å². The van der Waals surface area contributed by atoms with E-state index in [4.69, 9.17) is 0 Å². The van der Waals surface area contributed by atoms with Crippen LogP contribution in [-0.2, 0) is 10.0 Å². The molecule has 1 aliphatic rings. The molecule has 0 spiro atoms. The number of rotatable bonds is 5. The first-order valence-corrected chi connectivity index (χ1v) is 8.13. The van der Waals surface area contributed by atoms with Crippen LogP contribution in [0.15, 0.2) is 29.2 Å². The molecule has 0 aliphatic carbocycles. The number of hydrogen-bond acceptors (Lipinski definition) is 5. The van der Waals surface area contributed by atoms with Crippen molar-refractivity contribution < 1.29 is 18.3 Å². The van der Waals surface area contributed by atoms with Gasteiger partial charge in [-0.25, -0.2) is 13.1 Å². The number of sulfonamides is 1. The second kappa shape index (κ2) is 7.89. The molecule has 1 aromatic carbocycles. The lowest BCUT2D eigenvalue weighted by Gasteiger charge is -2.14. The van der Waals surface area contributed by atoms with Crippen LogP contribution in [0.25, 0.3) is 0 Å². The smallest absolute Gasteiger partial charge is 0.251 e. The Morgan fingerprint density at radius 3 is 2.73 bits per heavy atom. The maximum Gasteiger partial charge on any atom is 0.251 e. The van der Waals surface area contributed by atoms with Gasteiger partial charge in [-0.3, -0.25) is 4.79 Å². The van der Waals surface area contributed by atoms with Crippen LogP contribution in [0.4, 0.5) is 0 Å². The van der Waals surface area contributed by atoms with Gasteiger partial charge in [0.05, 0.1) is 11.0 Å². The Balaban J connectivity index is 0.00000242. The monoisotopic (exact) mass is 349 g/mol. The maximum absolute atomic E-state index is 12.0. The fraction of sp³-hybridized carbons (Fsp3) is 0.462. The number of nitrogens with one attached hydrogen (secondary N) is 3. The van der Waals surface area contributed by atoms with Crippen molar-refractivity contribution in [2.75, 3.05) is 26.7 Å². The topological polar surface area (TPSA) is 108 Å². The number of amides is 1. The normalized spacial score (nSPS) is 21.2. The summed E-state index contributed by atoms with van der Waals surface area (Å²) in [6.45, 7) is 1.52. The standard InChI is InChI=1S/C13H19N3O4S.ClH/c1-14-21(19,20)11-4-2-3-9(5-11)13(18)16-7-10-6-15-8-12(10)17;/h2-5,10,12,14-15,17H,6-8H2,1H3,(H,16,18);1H. The van der Waals surface area contributed by atoms with Gasteiger partial charge in [0.2, 0.25) is 10.0 Å². The third-order valence-electron chi connectivity index (χ3n) is 3.50. The molecule has 9 heteroatoms. The highest BCUT2D eigenvalue weighted by Crippen LogP contribution is 2.12. The van der Waals surface area contributed by atoms with Gasteiger partial charge in [-0.2, -0.15) is 0 Å². The molecular weight excluding hydrogens is 330 g/mol. The van der Waals surface area contributed by atoms with Crippen molar-refractivity contribution in [3.8, 4) is 0 Å². The van der Waals surface area contributed by atoms with Gasteiger partial charge in [0, 0.05) is 31.1 Å². The number of halogens is 1. The van der Waals surface area contributed by atoms with Crippen molar-refractivity contribution >= 4 is 28.3 Å². The minimum atomic E-state index is -3.57. The molecule has 4 N–H and O–H groups in total. The first-order chi connectivity index (χ1) is 9.94. The first-order valence-electron chi connectivity index (χ1n) is 6.64. The fourth-order valence-electron chi connectivity index (χ4n) is 2.18. The highest BCUT2D eigenvalue weighted by molar-refractivity contribution is 7.89. The first kappa shape index (κ1) is 18.9. The average Bonchev–Trinajstić information content (AvgIpc) is 2.90. The predicted octanol–water partition coefficient (Wildman–Crippen LogP) is -0.673. The molecule has 1 amide bonds. The van der Waals surface area contributed by atoms with Crippen LogP contribution in [0.3, 0.4) is 0 Å². The molecule has 0 radical (unpaired) electrons. The summed E-state index contributed by atoms with van der Waals surface area (Å²) < 4.78 is 25.6. The summed E-state index contributed by atoms with van der Waals surface area (Å²) in [6, 6.07) is 5.82. The molecule has 1 aromatic rings. The molecule has 0 bridgehead atoms. The Hall–Kier alpha value is -1.19. The average molecular weight is 350 g/mol. The second-order valence-corrected chi connectivity index (χ2v) is 6.82. The largest absolute Gasteiger partial charge is 0.391 e. The van der Waals surface area contributed by atoms with E-state index in [9.17, 15) is 18.3 Å². The molecule has 2 rings (SSSR count). The summed E-state index contributed by atoms with van der Waals surface area (Å²) >= 11 is 0. The van der Waals surface area contributed by atoms with E-state index in [0.717, 1.165) is 0 Å². The van der Waals surface area contributed by atoms with Crippen molar-refractivity contribution in [3.63, 3.8) is 0 Å². The van der Waals surface area contributed by atoms with Crippen LogP contribution in [0.5, 0.6) is 0 Å². The van der Waals surface area contributed by atoms with E-state index in [1.54, 1.807) is 6.07 Å². The number of β-amino-alcohol motifs (C(OH)–C–C–N with tert-alkyl or cyclic N) is 1. The van der Waals surface area contributed by atoms with Crippen molar-refractivity contribution in [3.05, 3.63) is 29.8 Å². The van der Waals surface area contributed by atoms with Crippen LogP contribution < -0.4 is 15.4 Å². The van der Waals surface area contributed by atoms with Gasteiger partial charge in [-0.1, -0.05) is 6.07 Å². The highest BCUT2D eigenvalue weighted by Gasteiger charge is 2.25. The van der Waals surface area contributed by atoms with E-state index in [1.807, 2.05) is 0 Å². The third-order valence-corrected chi connectivity index (χ3v) is 4.92. The molecule has 1 saturated heterocycles. The molecule has 1 heterocycles. The number of hydrogen-bond donors (Lipinski definition) is 4. The zero-order valence-electron chi connectivity index (χ0n) is 12.1. The number of carbonyl (C=O) groups excluding carboxylic acids is 1.